The van der Waals surface area contributed by atoms with E-state index in [0.717, 1.165) is 12.1 Å². The molecule has 20 heavy (non-hydrogen) atoms. The second-order valence-electron chi connectivity index (χ2n) is 4.17. The number of nitrogens with one attached hydrogen (secondary N) is 1. The number of sulfonamides is 1. The number of phenols is 1. The van der Waals surface area contributed by atoms with Gasteiger partial charge in [-0.15, -0.1) is 0 Å². The van der Waals surface area contributed by atoms with Gasteiger partial charge in [-0.3, -0.25) is 0 Å². The highest BCUT2D eigenvalue weighted by molar-refractivity contribution is 7.89. The monoisotopic (exact) mass is 296 g/mol. The minimum absolute atomic E-state index is 0.0684. The van der Waals surface area contributed by atoms with Crippen molar-refractivity contribution in [2.24, 2.45) is 0 Å². The zero-order valence-electron chi connectivity index (χ0n) is 10.4. The van der Waals surface area contributed by atoms with Gasteiger partial charge in [0.1, 0.15) is 11.6 Å². The summed E-state index contributed by atoms with van der Waals surface area (Å²) >= 11 is 0. The van der Waals surface area contributed by atoms with Crippen molar-refractivity contribution in [2.45, 2.75) is 11.4 Å². The highest BCUT2D eigenvalue weighted by atomic mass is 32.2. The molecular weight excluding hydrogens is 283 g/mol. The van der Waals surface area contributed by atoms with Crippen LogP contribution in [-0.4, -0.2) is 13.5 Å². The quantitative estimate of drug-likeness (QED) is 0.590. The summed E-state index contributed by atoms with van der Waals surface area (Å²) in [5.41, 5.74) is 6.30. The lowest BCUT2D eigenvalue weighted by molar-refractivity contribution is 0.467. The molecule has 0 heterocycles. The van der Waals surface area contributed by atoms with Crippen LogP contribution >= 0.6 is 0 Å². The number of benzene rings is 2. The summed E-state index contributed by atoms with van der Waals surface area (Å²) in [4.78, 5) is -0.180. The third-order valence-electron chi connectivity index (χ3n) is 2.66. The Morgan fingerprint density at radius 1 is 1.20 bits per heavy atom. The van der Waals surface area contributed by atoms with Crippen LogP contribution in [0.4, 0.5) is 10.1 Å². The van der Waals surface area contributed by atoms with Crippen LogP contribution in [0, 0.1) is 5.82 Å². The summed E-state index contributed by atoms with van der Waals surface area (Å²) in [6.07, 6.45) is 0. The van der Waals surface area contributed by atoms with E-state index in [1.165, 1.54) is 30.3 Å². The van der Waals surface area contributed by atoms with Crippen molar-refractivity contribution in [3.63, 3.8) is 0 Å². The van der Waals surface area contributed by atoms with Gasteiger partial charge in [0.25, 0.3) is 0 Å². The third kappa shape index (κ3) is 3.25. The first-order valence-corrected chi connectivity index (χ1v) is 7.19. The zero-order valence-corrected chi connectivity index (χ0v) is 11.2. The number of rotatable bonds is 4. The Balaban J connectivity index is 2.19. The van der Waals surface area contributed by atoms with E-state index < -0.39 is 15.8 Å². The topological polar surface area (TPSA) is 92.4 Å². The fourth-order valence-corrected chi connectivity index (χ4v) is 2.67. The van der Waals surface area contributed by atoms with E-state index in [0.29, 0.717) is 11.3 Å². The van der Waals surface area contributed by atoms with Crippen molar-refractivity contribution in [1.29, 1.82) is 0 Å². The van der Waals surface area contributed by atoms with E-state index in [2.05, 4.69) is 4.72 Å². The summed E-state index contributed by atoms with van der Waals surface area (Å²) in [6, 6.07) is 9.00. The van der Waals surface area contributed by atoms with E-state index >= 15 is 0 Å². The van der Waals surface area contributed by atoms with E-state index in [1.54, 1.807) is 0 Å². The predicted octanol–water partition coefficient (Wildman–Crippen LogP) is 1.59. The molecule has 0 saturated carbocycles. The Labute approximate surface area is 115 Å². The zero-order chi connectivity index (χ0) is 14.8. The molecule has 106 valence electrons. The van der Waals surface area contributed by atoms with Crippen LogP contribution in [0.1, 0.15) is 5.56 Å². The first-order valence-electron chi connectivity index (χ1n) is 5.71. The normalized spacial score (nSPS) is 11.4. The van der Waals surface area contributed by atoms with Gasteiger partial charge in [0, 0.05) is 17.8 Å². The predicted molar refractivity (Wildman–Crippen MR) is 72.9 cm³/mol. The van der Waals surface area contributed by atoms with Crippen LogP contribution in [0.25, 0.3) is 0 Å². The summed E-state index contributed by atoms with van der Waals surface area (Å²) in [6.45, 7) is -0.143. The number of nitrogen functional groups attached to an aromatic ring is 1. The average Bonchev–Trinajstić information content (AvgIpc) is 2.40. The molecule has 0 aliphatic carbocycles. The number of nitrogens with two attached hydrogens (primary N) is 1. The van der Waals surface area contributed by atoms with Gasteiger partial charge < -0.3 is 10.8 Å². The van der Waals surface area contributed by atoms with Gasteiger partial charge in [-0.25, -0.2) is 17.5 Å². The first-order chi connectivity index (χ1) is 9.38. The highest BCUT2D eigenvalue weighted by Gasteiger charge is 2.15. The lowest BCUT2D eigenvalue weighted by Gasteiger charge is -2.09. The largest absolute Gasteiger partial charge is 0.508 e. The first kappa shape index (κ1) is 14.3. The summed E-state index contributed by atoms with van der Waals surface area (Å²) in [5, 5.41) is 9.60. The Morgan fingerprint density at radius 3 is 2.65 bits per heavy atom. The number of hydrogen-bond acceptors (Lipinski definition) is 4. The molecule has 0 aliphatic heterocycles. The molecule has 0 amide bonds. The molecule has 0 unspecified atom stereocenters. The van der Waals surface area contributed by atoms with E-state index in [9.17, 15) is 17.9 Å². The van der Waals surface area contributed by atoms with Crippen molar-refractivity contribution < 1.29 is 17.9 Å². The fraction of sp³-hybridized carbons (Fsp3) is 0.0769. The Hall–Kier alpha value is -2.12. The number of phenolic OH excluding ortho intramolecular Hbond substituents is 1. The number of hydrogen-bond donors (Lipinski definition) is 3. The standard InChI is InChI=1S/C13H13FN2O3S/c14-10-2-1-3-12(7-10)20(18,19)16-8-9-6-11(15)4-5-13(9)17/h1-7,16-17H,8,15H2. The van der Waals surface area contributed by atoms with Crippen LogP contribution in [0.15, 0.2) is 47.4 Å². The highest BCUT2D eigenvalue weighted by Crippen LogP contribution is 2.20. The van der Waals surface area contributed by atoms with Crippen molar-refractivity contribution in [2.75, 3.05) is 5.73 Å². The van der Waals surface area contributed by atoms with Crippen molar-refractivity contribution in [3.8, 4) is 5.75 Å². The number of anilines is 1. The van der Waals surface area contributed by atoms with E-state index in [1.807, 2.05) is 0 Å². The smallest absolute Gasteiger partial charge is 0.240 e. The van der Waals surface area contributed by atoms with Crippen LogP contribution < -0.4 is 10.5 Å². The molecule has 0 bridgehead atoms. The molecule has 5 nitrogen and oxygen atoms in total. The van der Waals surface area contributed by atoms with Crippen molar-refractivity contribution in [3.05, 3.63) is 53.8 Å². The van der Waals surface area contributed by atoms with Crippen LogP contribution in [-0.2, 0) is 16.6 Å². The van der Waals surface area contributed by atoms with Gasteiger partial charge in [0.2, 0.25) is 10.0 Å². The van der Waals surface area contributed by atoms with Crippen molar-refractivity contribution >= 4 is 15.7 Å². The molecule has 2 aromatic rings. The minimum atomic E-state index is -3.85. The van der Waals surface area contributed by atoms with Gasteiger partial charge in [-0.05, 0) is 36.4 Å². The second-order valence-corrected chi connectivity index (χ2v) is 5.94. The molecule has 0 atom stereocenters. The van der Waals surface area contributed by atoms with Crippen LogP contribution in [0.3, 0.4) is 0 Å². The van der Waals surface area contributed by atoms with Gasteiger partial charge in [-0.1, -0.05) is 6.07 Å². The summed E-state index contributed by atoms with van der Waals surface area (Å²) in [5.74, 6) is -0.708. The maximum absolute atomic E-state index is 13.0. The van der Waals surface area contributed by atoms with E-state index in [4.69, 9.17) is 5.73 Å². The summed E-state index contributed by atoms with van der Waals surface area (Å²) in [7, 11) is -3.85. The summed E-state index contributed by atoms with van der Waals surface area (Å²) < 4.78 is 39.2. The molecular formula is C13H13FN2O3S. The lowest BCUT2D eigenvalue weighted by atomic mass is 10.2. The SMILES string of the molecule is Nc1ccc(O)c(CNS(=O)(=O)c2cccc(F)c2)c1. The maximum Gasteiger partial charge on any atom is 0.240 e. The molecule has 0 fully saturated rings. The van der Waals surface area contributed by atoms with E-state index in [-0.39, 0.29) is 17.2 Å². The lowest BCUT2D eigenvalue weighted by Crippen LogP contribution is -2.23. The average molecular weight is 296 g/mol. The van der Waals surface area contributed by atoms with Crippen LogP contribution in [0.2, 0.25) is 0 Å². The van der Waals surface area contributed by atoms with Gasteiger partial charge in [-0.2, -0.15) is 0 Å². The molecule has 0 aliphatic rings. The molecule has 4 N–H and O–H groups in total. The molecule has 7 heteroatoms. The molecule has 0 spiro atoms. The minimum Gasteiger partial charge on any atom is -0.508 e. The molecule has 0 aromatic heterocycles. The number of halogens is 1. The van der Waals surface area contributed by atoms with Gasteiger partial charge >= 0.3 is 0 Å². The second kappa shape index (κ2) is 5.48. The Kier molecular flexibility index (Phi) is 3.91. The molecule has 2 aromatic carbocycles. The van der Waals surface area contributed by atoms with Gasteiger partial charge in [0.05, 0.1) is 4.90 Å². The maximum atomic E-state index is 13.0. The third-order valence-corrected chi connectivity index (χ3v) is 4.06. The Morgan fingerprint density at radius 2 is 1.95 bits per heavy atom. The van der Waals surface area contributed by atoms with Crippen molar-refractivity contribution in [1.82, 2.24) is 4.72 Å². The molecule has 2 rings (SSSR count). The Bertz CT molecular complexity index is 732. The fourth-order valence-electron chi connectivity index (χ4n) is 1.64. The molecule has 0 saturated heterocycles. The number of aromatic hydroxyl groups is 1. The molecule has 0 radical (unpaired) electrons. The van der Waals surface area contributed by atoms with Crippen LogP contribution in [0.5, 0.6) is 5.75 Å². The van der Waals surface area contributed by atoms with Gasteiger partial charge in [0.15, 0.2) is 0 Å².